The van der Waals surface area contributed by atoms with E-state index in [1.54, 1.807) is 50.3 Å². The number of aromatic nitrogens is 1. The molecule has 0 amide bonds. The molecule has 0 saturated heterocycles. The zero-order chi connectivity index (χ0) is 35.2. The van der Waals surface area contributed by atoms with E-state index in [-0.39, 0.29) is 31.0 Å². The summed E-state index contributed by atoms with van der Waals surface area (Å²) in [7, 11) is 1.27. The number of fused-ring (bicyclic) bond motifs is 1. The standard InChI is InChI=1S/C35H31Br2ClN2O8S/c1-5-45-27-14-21(9-12-26(27)47-18-29(41)44-4)31-30(34(43)46-6-2)19(3)39-35-40(31)33(42)28(49-35)15-22-13-23(36)16-25(37)32(22)48-17-20-7-10-24(38)11-8-20/h7-16,31H,5-6,17-18H2,1-4H3/b28-15+/t31-/m0/s1. The molecule has 0 radical (unpaired) electrons. The minimum Gasteiger partial charge on any atom is -0.490 e. The highest BCUT2D eigenvalue weighted by molar-refractivity contribution is 9.11. The Labute approximate surface area is 307 Å². The third-order valence-electron chi connectivity index (χ3n) is 7.29. The van der Waals surface area contributed by atoms with E-state index in [1.807, 2.05) is 31.2 Å². The second kappa shape index (κ2) is 16.2. The van der Waals surface area contributed by atoms with Gasteiger partial charge in [-0.1, -0.05) is 57.1 Å². The Morgan fingerprint density at radius 3 is 2.45 bits per heavy atom. The first-order valence-corrected chi connectivity index (χ1v) is 17.8. The molecule has 0 aliphatic carbocycles. The summed E-state index contributed by atoms with van der Waals surface area (Å²) >= 11 is 14.4. The fraction of sp³-hybridized carbons (Fsp3) is 0.257. The van der Waals surface area contributed by atoms with Crippen LogP contribution in [0.4, 0.5) is 0 Å². The first-order valence-electron chi connectivity index (χ1n) is 15.1. The number of ether oxygens (including phenoxy) is 5. The largest absolute Gasteiger partial charge is 0.490 e. The van der Waals surface area contributed by atoms with Gasteiger partial charge in [0.25, 0.3) is 5.56 Å². The van der Waals surface area contributed by atoms with Gasteiger partial charge in [0, 0.05) is 15.1 Å². The van der Waals surface area contributed by atoms with Crippen LogP contribution in [0.2, 0.25) is 5.02 Å². The lowest BCUT2D eigenvalue weighted by Crippen LogP contribution is -2.40. The molecule has 0 bridgehead atoms. The van der Waals surface area contributed by atoms with Crippen molar-refractivity contribution in [3.63, 3.8) is 0 Å². The van der Waals surface area contributed by atoms with Gasteiger partial charge in [-0.05, 0) is 90.3 Å². The number of nitrogens with zero attached hydrogens (tertiary/aromatic N) is 2. The van der Waals surface area contributed by atoms with Crippen LogP contribution in [0, 0.1) is 0 Å². The fourth-order valence-corrected chi connectivity index (χ4v) is 7.64. The van der Waals surface area contributed by atoms with Crippen LogP contribution in [0.15, 0.2) is 84.6 Å². The number of hydrogen-bond donors (Lipinski definition) is 0. The van der Waals surface area contributed by atoms with E-state index >= 15 is 0 Å². The van der Waals surface area contributed by atoms with Crippen LogP contribution < -0.4 is 29.1 Å². The Balaban J connectivity index is 1.64. The minimum atomic E-state index is -0.902. The number of halogens is 3. The number of hydrogen-bond acceptors (Lipinski definition) is 10. The maximum Gasteiger partial charge on any atom is 0.343 e. The van der Waals surface area contributed by atoms with E-state index in [0.29, 0.717) is 59.5 Å². The number of rotatable bonds is 12. The van der Waals surface area contributed by atoms with Crippen molar-refractivity contribution in [1.82, 2.24) is 4.57 Å². The summed E-state index contributed by atoms with van der Waals surface area (Å²) < 4.78 is 31.2. The molecule has 1 atom stereocenters. The Morgan fingerprint density at radius 1 is 1.00 bits per heavy atom. The van der Waals surface area contributed by atoms with E-state index in [9.17, 15) is 14.4 Å². The van der Waals surface area contributed by atoms with Gasteiger partial charge in [-0.3, -0.25) is 9.36 Å². The summed E-state index contributed by atoms with van der Waals surface area (Å²) in [5, 5.41) is 0.626. The molecule has 3 aromatic carbocycles. The highest BCUT2D eigenvalue weighted by atomic mass is 79.9. The lowest BCUT2D eigenvalue weighted by molar-refractivity contribution is -0.143. The molecule has 1 aliphatic heterocycles. The highest BCUT2D eigenvalue weighted by Gasteiger charge is 2.34. The van der Waals surface area contributed by atoms with Gasteiger partial charge in [0.15, 0.2) is 22.9 Å². The van der Waals surface area contributed by atoms with E-state index in [0.717, 1.165) is 10.0 Å². The number of allylic oxidation sites excluding steroid dienone is 1. The normalized spacial score (nSPS) is 14.2. The molecule has 0 N–H and O–H groups in total. The van der Waals surface area contributed by atoms with Crippen LogP contribution in [0.25, 0.3) is 6.08 Å². The van der Waals surface area contributed by atoms with Crippen molar-refractivity contribution < 1.29 is 33.3 Å². The molecule has 10 nitrogen and oxygen atoms in total. The molecule has 1 aromatic heterocycles. The maximum absolute atomic E-state index is 14.3. The molecule has 49 heavy (non-hydrogen) atoms. The lowest BCUT2D eigenvalue weighted by atomic mass is 9.95. The molecule has 0 saturated carbocycles. The Bertz CT molecular complexity index is 2110. The summed E-state index contributed by atoms with van der Waals surface area (Å²) in [4.78, 5) is 44.6. The summed E-state index contributed by atoms with van der Waals surface area (Å²) in [5.41, 5.74) is 2.37. The van der Waals surface area contributed by atoms with Crippen LogP contribution in [0.1, 0.15) is 43.5 Å². The zero-order valence-corrected chi connectivity index (χ0v) is 31.6. The topological polar surface area (TPSA) is 115 Å². The quantitative estimate of drug-likeness (QED) is 0.149. The van der Waals surface area contributed by atoms with E-state index in [4.69, 9.17) is 35.3 Å². The van der Waals surface area contributed by atoms with Crippen molar-refractivity contribution in [3.8, 4) is 17.2 Å². The number of thiazole rings is 1. The molecule has 5 rings (SSSR count). The number of methoxy groups -OCH3 is 1. The summed E-state index contributed by atoms with van der Waals surface area (Å²) in [5.74, 6) is 0.00462. The molecule has 4 aromatic rings. The van der Waals surface area contributed by atoms with Crippen LogP contribution in [0.5, 0.6) is 17.2 Å². The zero-order valence-electron chi connectivity index (χ0n) is 26.9. The van der Waals surface area contributed by atoms with Gasteiger partial charge in [0.05, 0.1) is 46.6 Å². The van der Waals surface area contributed by atoms with E-state index in [2.05, 4.69) is 36.9 Å². The highest BCUT2D eigenvalue weighted by Crippen LogP contribution is 2.37. The number of benzene rings is 3. The Hall–Kier alpha value is -3.91. The molecule has 0 fully saturated rings. The summed E-state index contributed by atoms with van der Waals surface area (Å²) in [6, 6.07) is 15.2. The average Bonchev–Trinajstić information content (AvgIpc) is 3.37. The number of carbonyl (C=O) groups is 2. The molecular weight excluding hydrogens is 804 g/mol. The van der Waals surface area contributed by atoms with Crippen molar-refractivity contribution >= 4 is 72.8 Å². The van der Waals surface area contributed by atoms with Crippen LogP contribution in [-0.2, 0) is 25.7 Å². The summed E-state index contributed by atoms with van der Waals surface area (Å²) in [6.45, 7) is 5.60. The van der Waals surface area contributed by atoms with Gasteiger partial charge in [-0.15, -0.1) is 0 Å². The predicted octanol–water partition coefficient (Wildman–Crippen LogP) is 6.51. The number of esters is 2. The van der Waals surface area contributed by atoms with Crippen LogP contribution >= 0.6 is 54.8 Å². The fourth-order valence-electron chi connectivity index (χ4n) is 5.10. The first kappa shape index (κ1) is 36.4. The maximum atomic E-state index is 14.3. The predicted molar refractivity (Wildman–Crippen MR) is 193 cm³/mol. The third kappa shape index (κ3) is 8.29. The van der Waals surface area contributed by atoms with Crippen LogP contribution in [-0.4, -0.2) is 43.4 Å². The molecule has 256 valence electrons. The Morgan fingerprint density at radius 2 is 1.76 bits per heavy atom. The smallest absolute Gasteiger partial charge is 0.343 e. The second-order valence-electron chi connectivity index (χ2n) is 10.5. The van der Waals surface area contributed by atoms with Crippen LogP contribution in [0.3, 0.4) is 0 Å². The second-order valence-corrected chi connectivity index (χ2v) is 13.7. The van der Waals surface area contributed by atoms with Crippen molar-refractivity contribution in [2.45, 2.75) is 33.4 Å². The minimum absolute atomic E-state index is 0.133. The molecule has 0 unspecified atom stereocenters. The SMILES string of the molecule is CCOC(=O)C1=C(C)N=c2s/c(=C/c3cc(Br)cc(Br)c3OCc3ccc(Cl)cc3)c(=O)n2[C@H]1c1ccc(OCC(=O)OC)c(OCC)c1. The Kier molecular flexibility index (Phi) is 12.0. The number of carbonyl (C=O) groups excluding carboxylic acids is 2. The van der Waals surface area contributed by atoms with Crippen molar-refractivity contribution in [3.05, 3.63) is 116 Å². The lowest BCUT2D eigenvalue weighted by Gasteiger charge is -2.25. The monoisotopic (exact) mass is 832 g/mol. The van der Waals surface area contributed by atoms with Crippen molar-refractivity contribution in [1.29, 1.82) is 0 Å². The van der Waals surface area contributed by atoms with Gasteiger partial charge >= 0.3 is 11.9 Å². The molecule has 2 heterocycles. The first-order chi connectivity index (χ1) is 23.5. The van der Waals surface area contributed by atoms with E-state index < -0.39 is 18.0 Å². The summed E-state index contributed by atoms with van der Waals surface area (Å²) in [6.07, 6.45) is 1.74. The van der Waals surface area contributed by atoms with Gasteiger partial charge < -0.3 is 23.7 Å². The van der Waals surface area contributed by atoms with E-state index in [1.165, 1.54) is 23.0 Å². The van der Waals surface area contributed by atoms with Gasteiger partial charge in [0.2, 0.25) is 0 Å². The third-order valence-corrected chi connectivity index (χ3v) is 9.58. The molecular formula is C35H31Br2ClN2O8S. The van der Waals surface area contributed by atoms with Gasteiger partial charge in [-0.2, -0.15) is 0 Å². The average molecular weight is 835 g/mol. The molecule has 14 heteroatoms. The van der Waals surface area contributed by atoms with Gasteiger partial charge in [0.1, 0.15) is 12.4 Å². The van der Waals surface area contributed by atoms with Gasteiger partial charge in [-0.25, -0.2) is 14.6 Å². The molecule has 0 spiro atoms. The molecule has 1 aliphatic rings. The van der Waals surface area contributed by atoms with Crippen molar-refractivity contribution in [2.75, 3.05) is 26.9 Å². The van der Waals surface area contributed by atoms with Crippen molar-refractivity contribution in [2.24, 2.45) is 4.99 Å².